The predicted octanol–water partition coefficient (Wildman–Crippen LogP) is 6.21. The van der Waals surface area contributed by atoms with Crippen LogP contribution in [-0.2, 0) is 6.61 Å². The maximum atomic E-state index is 12.8. The van der Waals surface area contributed by atoms with Gasteiger partial charge >= 0.3 is 0 Å². The Balaban J connectivity index is 1.55. The molecule has 158 valence electrons. The molecule has 3 aromatic rings. The van der Waals surface area contributed by atoms with Crippen LogP contribution in [0.1, 0.15) is 21.5 Å². The molecule has 0 N–H and O–H groups in total. The first kappa shape index (κ1) is 21.1. The summed E-state index contributed by atoms with van der Waals surface area (Å²) in [6, 6.07) is 15.7. The fraction of sp³-hybridized carbons (Fsp3) is 0.125. The van der Waals surface area contributed by atoms with E-state index in [4.69, 9.17) is 42.1 Å². The van der Waals surface area contributed by atoms with Gasteiger partial charge in [0.25, 0.3) is 0 Å². The van der Waals surface area contributed by atoms with Crippen molar-refractivity contribution in [3.05, 3.63) is 87.1 Å². The zero-order chi connectivity index (χ0) is 22.0. The maximum absolute atomic E-state index is 12.8. The third kappa shape index (κ3) is 4.33. The second kappa shape index (κ2) is 8.92. The van der Waals surface area contributed by atoms with Crippen LogP contribution in [0.3, 0.4) is 0 Å². The molecule has 0 aliphatic carbocycles. The zero-order valence-corrected chi connectivity index (χ0v) is 18.3. The van der Waals surface area contributed by atoms with Crippen LogP contribution in [0.15, 0.2) is 60.4 Å². The Morgan fingerprint density at radius 1 is 0.935 bits per heavy atom. The van der Waals surface area contributed by atoms with Crippen LogP contribution >= 0.6 is 23.2 Å². The number of methoxy groups -OCH3 is 2. The van der Waals surface area contributed by atoms with Gasteiger partial charge in [-0.3, -0.25) is 4.79 Å². The molecule has 31 heavy (non-hydrogen) atoms. The smallest absolute Gasteiger partial charge is 0.231 e. The lowest BCUT2D eigenvalue weighted by Crippen LogP contribution is -1.99. The van der Waals surface area contributed by atoms with Gasteiger partial charge in [-0.05, 0) is 42.5 Å². The molecule has 0 saturated heterocycles. The van der Waals surface area contributed by atoms with Crippen molar-refractivity contribution in [3.63, 3.8) is 0 Å². The molecule has 0 amide bonds. The predicted molar refractivity (Wildman–Crippen MR) is 120 cm³/mol. The number of Topliss-reactive ketones (excluding diaryl/α,β-unsaturated/α-hetero) is 1. The minimum atomic E-state index is -0.214. The van der Waals surface area contributed by atoms with Crippen molar-refractivity contribution in [2.75, 3.05) is 14.2 Å². The second-order valence-corrected chi connectivity index (χ2v) is 7.51. The highest BCUT2D eigenvalue weighted by Crippen LogP contribution is 2.37. The minimum absolute atomic E-state index is 0.191. The van der Waals surface area contributed by atoms with Gasteiger partial charge in [0, 0.05) is 33.3 Å². The molecular weight excluding hydrogens is 439 g/mol. The highest BCUT2D eigenvalue weighted by atomic mass is 35.5. The van der Waals surface area contributed by atoms with Gasteiger partial charge in [-0.1, -0.05) is 29.3 Å². The van der Waals surface area contributed by atoms with Crippen LogP contribution in [0.25, 0.3) is 6.08 Å². The lowest BCUT2D eigenvalue weighted by atomic mass is 10.1. The molecule has 1 aliphatic heterocycles. The number of ether oxygens (including phenoxy) is 4. The molecule has 7 heteroatoms. The molecule has 0 unspecified atom stereocenters. The van der Waals surface area contributed by atoms with E-state index >= 15 is 0 Å². The molecule has 0 radical (unpaired) electrons. The van der Waals surface area contributed by atoms with Crippen molar-refractivity contribution >= 4 is 35.1 Å². The lowest BCUT2D eigenvalue weighted by Gasteiger charge is -2.10. The molecule has 5 nitrogen and oxygen atoms in total. The quantitative estimate of drug-likeness (QED) is 0.412. The summed E-state index contributed by atoms with van der Waals surface area (Å²) < 4.78 is 22.2. The van der Waals surface area contributed by atoms with Crippen LogP contribution in [0.5, 0.6) is 23.0 Å². The van der Waals surface area contributed by atoms with E-state index in [1.807, 2.05) is 0 Å². The average Bonchev–Trinajstić information content (AvgIpc) is 3.08. The number of fused-ring (bicyclic) bond motifs is 1. The van der Waals surface area contributed by atoms with E-state index in [1.165, 1.54) is 0 Å². The summed E-state index contributed by atoms with van der Waals surface area (Å²) in [5.41, 5.74) is 1.85. The zero-order valence-electron chi connectivity index (χ0n) is 16.8. The van der Waals surface area contributed by atoms with E-state index in [9.17, 15) is 4.79 Å². The largest absolute Gasteiger partial charge is 0.497 e. The summed E-state index contributed by atoms with van der Waals surface area (Å²) in [6.45, 7) is 0.191. The van der Waals surface area contributed by atoms with Crippen molar-refractivity contribution < 1.29 is 23.7 Å². The topological polar surface area (TPSA) is 54.0 Å². The van der Waals surface area contributed by atoms with Crippen molar-refractivity contribution in [2.24, 2.45) is 0 Å². The first-order chi connectivity index (χ1) is 15.0. The first-order valence-corrected chi connectivity index (χ1v) is 10.1. The van der Waals surface area contributed by atoms with Gasteiger partial charge in [-0.2, -0.15) is 0 Å². The lowest BCUT2D eigenvalue weighted by molar-refractivity contribution is 0.101. The fourth-order valence-corrected chi connectivity index (χ4v) is 3.67. The summed E-state index contributed by atoms with van der Waals surface area (Å²) in [5.74, 6) is 2.16. The van der Waals surface area contributed by atoms with Crippen molar-refractivity contribution in [1.29, 1.82) is 0 Å². The molecule has 0 spiro atoms. The van der Waals surface area contributed by atoms with Gasteiger partial charge in [0.1, 0.15) is 29.6 Å². The molecule has 0 atom stereocenters. The van der Waals surface area contributed by atoms with Crippen molar-refractivity contribution in [1.82, 2.24) is 0 Å². The van der Waals surface area contributed by atoms with Crippen molar-refractivity contribution in [2.45, 2.75) is 6.61 Å². The minimum Gasteiger partial charge on any atom is -0.497 e. The number of benzene rings is 3. The number of halogens is 2. The Morgan fingerprint density at radius 2 is 1.68 bits per heavy atom. The summed E-state index contributed by atoms with van der Waals surface area (Å²) in [6.07, 6.45) is 1.64. The van der Waals surface area contributed by atoms with Gasteiger partial charge in [0.05, 0.1) is 19.8 Å². The van der Waals surface area contributed by atoms with E-state index in [-0.39, 0.29) is 18.1 Å². The number of carbonyl (C=O) groups excluding carboxylic acids is 1. The van der Waals surface area contributed by atoms with Gasteiger partial charge in [0.15, 0.2) is 5.76 Å². The number of rotatable bonds is 6. The SMILES string of the molecule is COc1ccc(/C=C2\Oc3cc(OCc4c(Cl)cccc4Cl)ccc3C2=O)c(OC)c1. The van der Waals surface area contributed by atoms with Crippen molar-refractivity contribution in [3.8, 4) is 23.0 Å². The second-order valence-electron chi connectivity index (χ2n) is 6.69. The maximum Gasteiger partial charge on any atom is 0.231 e. The van der Waals surface area contributed by atoms with Crippen LogP contribution < -0.4 is 18.9 Å². The molecule has 1 heterocycles. The number of hydrogen-bond acceptors (Lipinski definition) is 5. The third-order valence-corrected chi connectivity index (χ3v) is 5.52. The number of hydrogen-bond donors (Lipinski definition) is 0. The number of carbonyl (C=O) groups is 1. The van der Waals surface area contributed by atoms with E-state index in [2.05, 4.69) is 0 Å². The van der Waals surface area contributed by atoms with Gasteiger partial charge in [-0.25, -0.2) is 0 Å². The molecule has 1 aliphatic rings. The fourth-order valence-electron chi connectivity index (χ4n) is 3.16. The van der Waals surface area contributed by atoms with E-state index < -0.39 is 0 Å². The molecule has 4 rings (SSSR count). The molecule has 0 aromatic heterocycles. The molecule has 0 bridgehead atoms. The monoisotopic (exact) mass is 456 g/mol. The van der Waals surface area contributed by atoms with E-state index in [0.29, 0.717) is 49.7 Å². The highest BCUT2D eigenvalue weighted by Gasteiger charge is 2.28. The average molecular weight is 457 g/mol. The van der Waals surface area contributed by atoms with Gasteiger partial charge in [-0.15, -0.1) is 0 Å². The Hall–Kier alpha value is -3.15. The van der Waals surface area contributed by atoms with Crippen LogP contribution in [0.2, 0.25) is 10.0 Å². The highest BCUT2D eigenvalue weighted by molar-refractivity contribution is 6.35. The summed E-state index contributed by atoms with van der Waals surface area (Å²) in [5, 5.41) is 1.05. The normalized spacial score (nSPS) is 13.7. The standard InChI is InChI=1S/C24H18Cl2O5/c1-28-15-7-6-14(21(11-15)29-2)10-23-24(27)17-9-8-16(12-22(17)31-23)30-13-18-19(25)4-3-5-20(18)26/h3-12H,13H2,1-2H3/b23-10-. The van der Waals surface area contributed by atoms with E-state index in [1.54, 1.807) is 74.9 Å². The first-order valence-electron chi connectivity index (χ1n) is 9.36. The van der Waals surface area contributed by atoms with Gasteiger partial charge in [0.2, 0.25) is 5.78 Å². The summed E-state index contributed by atoms with van der Waals surface area (Å²) in [4.78, 5) is 12.8. The summed E-state index contributed by atoms with van der Waals surface area (Å²) >= 11 is 12.4. The van der Waals surface area contributed by atoms with Crippen LogP contribution in [0.4, 0.5) is 0 Å². The van der Waals surface area contributed by atoms with Crippen LogP contribution in [-0.4, -0.2) is 20.0 Å². The molecule has 0 fully saturated rings. The molecule has 3 aromatic carbocycles. The van der Waals surface area contributed by atoms with E-state index in [0.717, 1.165) is 0 Å². The Kier molecular flexibility index (Phi) is 6.07. The molecule has 0 saturated carbocycles. The Labute approximate surface area is 189 Å². The number of allylic oxidation sites excluding steroid dienone is 1. The number of ketones is 1. The van der Waals surface area contributed by atoms with Gasteiger partial charge < -0.3 is 18.9 Å². The Bertz CT molecular complexity index is 1170. The Morgan fingerprint density at radius 3 is 2.39 bits per heavy atom. The summed E-state index contributed by atoms with van der Waals surface area (Å²) in [7, 11) is 3.13. The third-order valence-electron chi connectivity index (χ3n) is 4.81. The molecular formula is C24H18Cl2O5. The van der Waals surface area contributed by atoms with Crippen LogP contribution in [0, 0.1) is 0 Å².